The molecule has 0 saturated carbocycles. The Hall–Kier alpha value is -4.64. The molecule has 1 fully saturated rings. The van der Waals surface area contributed by atoms with Gasteiger partial charge in [-0.3, -0.25) is 29.4 Å². The molecule has 3 amide bonds. The van der Waals surface area contributed by atoms with E-state index in [9.17, 15) is 24.5 Å². The van der Waals surface area contributed by atoms with Crippen LogP contribution in [-0.2, 0) is 22.6 Å². The van der Waals surface area contributed by atoms with E-state index in [-0.39, 0.29) is 35.2 Å². The maximum absolute atomic E-state index is 12.9. The van der Waals surface area contributed by atoms with Crippen molar-refractivity contribution in [2.24, 2.45) is 0 Å². The van der Waals surface area contributed by atoms with E-state index in [1.165, 1.54) is 36.9 Å². The Bertz CT molecular complexity index is 1450. The fourth-order valence-electron chi connectivity index (χ4n) is 3.84. The fourth-order valence-corrected chi connectivity index (χ4v) is 4.68. The topological polar surface area (TPSA) is 128 Å². The van der Waals surface area contributed by atoms with E-state index in [2.05, 4.69) is 12.2 Å². The highest BCUT2D eigenvalue weighted by Gasteiger charge is 2.36. The standard InChI is InChI=1S/C28H25N3O7S/c1-3-18-8-11-21(12-9-18)29-26(32)17-38-23-13-10-19(14-24(23)37-2)15-25-27(33)30(28(34)39-25)16-20-6-4-5-7-22(20)31(35)36/h4-15H,3,16-17H2,1-2H3,(H,29,32)/b25-15-. The van der Waals surface area contributed by atoms with Crippen LogP contribution in [0.1, 0.15) is 23.6 Å². The lowest BCUT2D eigenvalue weighted by Gasteiger charge is -2.13. The molecule has 0 radical (unpaired) electrons. The molecular formula is C28H25N3O7S. The lowest BCUT2D eigenvalue weighted by atomic mass is 10.1. The van der Waals surface area contributed by atoms with Crippen LogP contribution in [0, 0.1) is 10.1 Å². The third-order valence-corrected chi connectivity index (χ3v) is 6.79. The molecule has 1 aliphatic rings. The largest absolute Gasteiger partial charge is 0.493 e. The van der Waals surface area contributed by atoms with Crippen molar-refractivity contribution < 1.29 is 28.8 Å². The highest BCUT2D eigenvalue weighted by atomic mass is 32.2. The Morgan fingerprint density at radius 1 is 1.08 bits per heavy atom. The number of carbonyl (C=O) groups is 3. The van der Waals surface area contributed by atoms with Gasteiger partial charge in [-0.25, -0.2) is 0 Å². The fraction of sp³-hybridized carbons (Fsp3) is 0.179. The minimum Gasteiger partial charge on any atom is -0.493 e. The van der Waals surface area contributed by atoms with E-state index in [0.717, 1.165) is 23.1 Å². The van der Waals surface area contributed by atoms with Crippen LogP contribution in [0.2, 0.25) is 0 Å². The molecule has 1 N–H and O–H groups in total. The molecule has 1 heterocycles. The number of ether oxygens (including phenoxy) is 2. The van der Waals surface area contributed by atoms with E-state index in [4.69, 9.17) is 9.47 Å². The number of nitro groups is 1. The average Bonchev–Trinajstić information content (AvgIpc) is 3.20. The Kier molecular flexibility index (Phi) is 8.62. The number of hydrogen-bond donors (Lipinski definition) is 1. The molecule has 10 nitrogen and oxygen atoms in total. The summed E-state index contributed by atoms with van der Waals surface area (Å²) in [6.07, 6.45) is 2.44. The van der Waals surface area contributed by atoms with Crippen LogP contribution in [-0.4, -0.2) is 40.6 Å². The Balaban J connectivity index is 1.42. The van der Waals surface area contributed by atoms with Gasteiger partial charge in [0.2, 0.25) is 0 Å². The van der Waals surface area contributed by atoms with E-state index < -0.39 is 16.1 Å². The van der Waals surface area contributed by atoms with Crippen LogP contribution < -0.4 is 14.8 Å². The summed E-state index contributed by atoms with van der Waals surface area (Å²) in [7, 11) is 1.45. The predicted octanol–water partition coefficient (Wildman–Crippen LogP) is 5.42. The van der Waals surface area contributed by atoms with Crippen LogP contribution in [0.3, 0.4) is 0 Å². The van der Waals surface area contributed by atoms with Crippen molar-refractivity contribution in [2.75, 3.05) is 19.0 Å². The van der Waals surface area contributed by atoms with Gasteiger partial charge < -0.3 is 14.8 Å². The zero-order chi connectivity index (χ0) is 27.9. The summed E-state index contributed by atoms with van der Waals surface area (Å²) in [6.45, 7) is 1.60. The van der Waals surface area contributed by atoms with Crippen molar-refractivity contribution in [3.63, 3.8) is 0 Å². The van der Waals surface area contributed by atoms with Gasteiger partial charge >= 0.3 is 0 Å². The van der Waals surface area contributed by atoms with Crippen molar-refractivity contribution in [1.29, 1.82) is 0 Å². The number of hydrogen-bond acceptors (Lipinski definition) is 8. The molecule has 0 aliphatic carbocycles. The number of rotatable bonds is 10. The average molecular weight is 548 g/mol. The number of nitrogens with one attached hydrogen (secondary N) is 1. The van der Waals surface area contributed by atoms with Crippen LogP contribution in [0.5, 0.6) is 11.5 Å². The van der Waals surface area contributed by atoms with Gasteiger partial charge in [-0.1, -0.05) is 43.3 Å². The van der Waals surface area contributed by atoms with Gasteiger partial charge in [0.25, 0.3) is 22.7 Å². The van der Waals surface area contributed by atoms with Gasteiger partial charge in [0.1, 0.15) is 0 Å². The summed E-state index contributed by atoms with van der Waals surface area (Å²) >= 11 is 0.749. The molecule has 4 rings (SSSR count). The van der Waals surface area contributed by atoms with E-state index in [1.807, 2.05) is 24.3 Å². The molecule has 0 bridgehead atoms. The molecule has 0 unspecified atom stereocenters. The molecule has 11 heteroatoms. The number of nitro benzene ring substituents is 1. The van der Waals surface area contributed by atoms with Gasteiger partial charge in [-0.05, 0) is 59.7 Å². The number of nitrogens with zero attached hydrogens (tertiary/aromatic N) is 2. The van der Waals surface area contributed by atoms with Gasteiger partial charge in [0.15, 0.2) is 18.1 Å². The summed E-state index contributed by atoms with van der Waals surface area (Å²) in [5.74, 6) is -0.220. The molecule has 1 aliphatic heterocycles. The minimum absolute atomic E-state index is 0.163. The number of amides is 3. The summed E-state index contributed by atoms with van der Waals surface area (Å²) in [5, 5.41) is 13.5. The normalized spacial score (nSPS) is 14.0. The third kappa shape index (κ3) is 6.63. The highest BCUT2D eigenvalue weighted by Crippen LogP contribution is 2.36. The van der Waals surface area contributed by atoms with Crippen LogP contribution in [0.4, 0.5) is 16.2 Å². The summed E-state index contributed by atoms with van der Waals surface area (Å²) in [6, 6.07) is 18.4. The zero-order valence-electron chi connectivity index (χ0n) is 21.2. The molecule has 200 valence electrons. The second-order valence-electron chi connectivity index (χ2n) is 8.45. The second kappa shape index (κ2) is 12.3. The number of methoxy groups -OCH3 is 1. The first-order chi connectivity index (χ1) is 18.8. The number of para-hydroxylation sites is 1. The molecular weight excluding hydrogens is 522 g/mol. The van der Waals surface area contributed by atoms with Gasteiger partial charge in [-0.15, -0.1) is 0 Å². The van der Waals surface area contributed by atoms with Gasteiger partial charge in [0.05, 0.1) is 23.5 Å². The molecule has 0 atom stereocenters. The van der Waals surface area contributed by atoms with Crippen LogP contribution in [0.15, 0.2) is 71.6 Å². The number of imide groups is 1. The van der Waals surface area contributed by atoms with Crippen molar-refractivity contribution in [2.45, 2.75) is 19.9 Å². The van der Waals surface area contributed by atoms with Crippen molar-refractivity contribution in [3.05, 3.63) is 98.4 Å². The predicted molar refractivity (Wildman–Crippen MR) is 148 cm³/mol. The van der Waals surface area contributed by atoms with E-state index in [0.29, 0.717) is 22.7 Å². The Morgan fingerprint density at radius 2 is 1.82 bits per heavy atom. The summed E-state index contributed by atoms with van der Waals surface area (Å²) < 4.78 is 11.0. The molecule has 3 aromatic rings. The van der Waals surface area contributed by atoms with Crippen molar-refractivity contribution in [1.82, 2.24) is 4.90 Å². The van der Waals surface area contributed by atoms with E-state index >= 15 is 0 Å². The molecule has 0 aromatic heterocycles. The number of thioether (sulfide) groups is 1. The van der Waals surface area contributed by atoms with Crippen molar-refractivity contribution >= 4 is 46.3 Å². The zero-order valence-corrected chi connectivity index (χ0v) is 22.0. The smallest absolute Gasteiger partial charge is 0.293 e. The highest BCUT2D eigenvalue weighted by molar-refractivity contribution is 8.18. The molecule has 3 aromatic carbocycles. The van der Waals surface area contributed by atoms with Crippen LogP contribution >= 0.6 is 11.8 Å². The molecule has 39 heavy (non-hydrogen) atoms. The molecule has 0 spiro atoms. The number of anilines is 1. The van der Waals surface area contributed by atoms with Crippen LogP contribution in [0.25, 0.3) is 6.08 Å². The summed E-state index contributed by atoms with van der Waals surface area (Å²) in [5.41, 5.74) is 2.49. The quantitative estimate of drug-likeness (QED) is 0.202. The minimum atomic E-state index is -0.550. The Labute approximate surface area is 228 Å². The summed E-state index contributed by atoms with van der Waals surface area (Å²) in [4.78, 5) is 49.7. The first kappa shape index (κ1) is 27.4. The second-order valence-corrected chi connectivity index (χ2v) is 9.44. The van der Waals surface area contributed by atoms with E-state index in [1.54, 1.807) is 24.3 Å². The number of carbonyl (C=O) groups excluding carboxylic acids is 3. The first-order valence-electron chi connectivity index (χ1n) is 12.0. The van der Waals surface area contributed by atoms with Crippen molar-refractivity contribution in [3.8, 4) is 11.5 Å². The number of benzene rings is 3. The number of aryl methyl sites for hydroxylation is 1. The monoisotopic (exact) mass is 547 g/mol. The first-order valence-corrected chi connectivity index (χ1v) is 12.8. The third-order valence-electron chi connectivity index (χ3n) is 5.88. The maximum atomic E-state index is 12.9. The Morgan fingerprint density at radius 3 is 2.51 bits per heavy atom. The lowest BCUT2D eigenvalue weighted by Crippen LogP contribution is -2.27. The molecule has 1 saturated heterocycles. The maximum Gasteiger partial charge on any atom is 0.293 e. The SMILES string of the molecule is CCc1ccc(NC(=O)COc2ccc(/C=C3\SC(=O)N(Cc4ccccc4[N+](=O)[O-])C3=O)cc2OC)cc1. The van der Waals surface area contributed by atoms with Gasteiger partial charge in [0, 0.05) is 17.3 Å². The van der Waals surface area contributed by atoms with Gasteiger partial charge in [-0.2, -0.15) is 0 Å². The lowest BCUT2D eigenvalue weighted by molar-refractivity contribution is -0.385.